The van der Waals surface area contributed by atoms with Gasteiger partial charge in [-0.05, 0) is 54.8 Å². The lowest BCUT2D eigenvalue weighted by atomic mass is 10.0. The summed E-state index contributed by atoms with van der Waals surface area (Å²) in [6.07, 6.45) is 7.39. The fourth-order valence-electron chi connectivity index (χ4n) is 3.82. The van der Waals surface area contributed by atoms with E-state index >= 15 is 0 Å². The third-order valence-corrected chi connectivity index (χ3v) is 5.18. The van der Waals surface area contributed by atoms with Gasteiger partial charge in [0.2, 0.25) is 0 Å². The summed E-state index contributed by atoms with van der Waals surface area (Å²) < 4.78 is 21.1. The normalized spacial score (nSPS) is 16.4. The lowest BCUT2D eigenvalue weighted by molar-refractivity contribution is 0.0152. The zero-order valence-electron chi connectivity index (χ0n) is 15.8. The van der Waals surface area contributed by atoms with Gasteiger partial charge in [0.1, 0.15) is 23.5 Å². The molecule has 1 aliphatic heterocycles. The summed E-state index contributed by atoms with van der Waals surface area (Å²) in [7, 11) is 0. The van der Waals surface area contributed by atoms with Crippen LogP contribution in [0.15, 0.2) is 67.1 Å². The van der Waals surface area contributed by atoms with E-state index in [-0.39, 0.29) is 11.9 Å². The summed E-state index contributed by atoms with van der Waals surface area (Å²) in [4.78, 5) is 15.0. The van der Waals surface area contributed by atoms with Gasteiger partial charge in [-0.1, -0.05) is 12.1 Å². The van der Waals surface area contributed by atoms with Crippen molar-refractivity contribution in [3.8, 4) is 22.4 Å². The number of aromatic nitrogens is 3. The first-order valence-electron chi connectivity index (χ1n) is 9.72. The number of pyridine rings is 2. The molecule has 146 valence electrons. The maximum atomic E-state index is 13.6. The van der Waals surface area contributed by atoms with Crippen molar-refractivity contribution in [3.63, 3.8) is 0 Å². The van der Waals surface area contributed by atoms with Crippen LogP contribution in [0.2, 0.25) is 0 Å². The highest BCUT2D eigenvalue weighted by Crippen LogP contribution is 2.39. The Morgan fingerprint density at radius 1 is 1.03 bits per heavy atom. The molecule has 0 aliphatic carbocycles. The summed E-state index contributed by atoms with van der Waals surface area (Å²) in [5.74, 6) is -0.273. The number of rotatable bonds is 5. The van der Waals surface area contributed by atoms with Crippen molar-refractivity contribution in [1.29, 1.82) is 0 Å². The standard InChI is InChI=1S/C23H20FN3O2/c24-18-7-5-16(6-8-18)21-22-20(4-1-11-26-22)27(29-15-19-3-2-14-28-19)23(21)17-9-12-25-13-10-17/h1,4-13,19H,2-3,14-15H2. The number of nitrogens with zero attached hydrogens (tertiary/aromatic N) is 3. The van der Waals surface area contributed by atoms with Gasteiger partial charge < -0.3 is 9.57 Å². The molecule has 0 N–H and O–H groups in total. The van der Waals surface area contributed by atoms with Crippen molar-refractivity contribution >= 4 is 11.0 Å². The second kappa shape index (κ2) is 7.64. The van der Waals surface area contributed by atoms with Crippen LogP contribution in [0.1, 0.15) is 12.8 Å². The summed E-state index contributed by atoms with van der Waals surface area (Å²) in [6.45, 7) is 1.24. The molecule has 1 fully saturated rings. The molecule has 5 nitrogen and oxygen atoms in total. The predicted molar refractivity (Wildman–Crippen MR) is 109 cm³/mol. The molecule has 1 aromatic carbocycles. The van der Waals surface area contributed by atoms with Gasteiger partial charge in [0, 0.05) is 36.3 Å². The van der Waals surface area contributed by atoms with E-state index < -0.39 is 0 Å². The quantitative estimate of drug-likeness (QED) is 0.504. The molecule has 0 saturated carbocycles. The van der Waals surface area contributed by atoms with Crippen LogP contribution in [-0.2, 0) is 4.74 Å². The Balaban J connectivity index is 1.72. The van der Waals surface area contributed by atoms with Crippen LogP contribution in [0.5, 0.6) is 0 Å². The van der Waals surface area contributed by atoms with Gasteiger partial charge in [-0.25, -0.2) is 4.39 Å². The minimum Gasteiger partial charge on any atom is -0.410 e. The van der Waals surface area contributed by atoms with Gasteiger partial charge in [0.15, 0.2) is 0 Å². The van der Waals surface area contributed by atoms with Crippen LogP contribution in [0.3, 0.4) is 0 Å². The van der Waals surface area contributed by atoms with E-state index in [2.05, 4.69) is 9.97 Å². The minimum absolute atomic E-state index is 0.0867. The number of hydrogen-bond donors (Lipinski definition) is 0. The van der Waals surface area contributed by atoms with Gasteiger partial charge in [-0.3, -0.25) is 9.97 Å². The largest absolute Gasteiger partial charge is 0.410 e. The zero-order chi connectivity index (χ0) is 19.6. The summed E-state index contributed by atoms with van der Waals surface area (Å²) in [5.41, 5.74) is 5.26. The van der Waals surface area contributed by atoms with Crippen LogP contribution < -0.4 is 4.84 Å². The lowest BCUT2D eigenvalue weighted by Crippen LogP contribution is -2.23. The molecule has 4 heterocycles. The molecule has 0 amide bonds. The van der Waals surface area contributed by atoms with Gasteiger partial charge in [0.25, 0.3) is 0 Å². The molecule has 6 heteroatoms. The Hall–Kier alpha value is -3.25. The van der Waals surface area contributed by atoms with Crippen molar-refractivity contribution < 1.29 is 14.0 Å². The molecule has 29 heavy (non-hydrogen) atoms. The molecule has 1 unspecified atom stereocenters. The van der Waals surface area contributed by atoms with Crippen molar-refractivity contribution in [3.05, 3.63) is 72.9 Å². The zero-order valence-corrected chi connectivity index (χ0v) is 15.8. The van der Waals surface area contributed by atoms with Crippen molar-refractivity contribution in [2.45, 2.75) is 18.9 Å². The number of fused-ring (bicyclic) bond motifs is 1. The molecular formula is C23H20FN3O2. The molecule has 0 spiro atoms. The Morgan fingerprint density at radius 2 is 1.86 bits per heavy atom. The fraction of sp³-hybridized carbons (Fsp3) is 0.217. The molecule has 0 bridgehead atoms. The van der Waals surface area contributed by atoms with Crippen molar-refractivity contribution in [2.24, 2.45) is 0 Å². The SMILES string of the molecule is Fc1ccc(-c2c(-c3ccncc3)n(OCC3CCCO3)c3cccnc23)cc1. The molecule has 3 aromatic heterocycles. The molecule has 4 aromatic rings. The van der Waals surface area contributed by atoms with E-state index in [0.717, 1.165) is 52.9 Å². The molecule has 5 rings (SSSR count). The van der Waals surface area contributed by atoms with E-state index in [9.17, 15) is 4.39 Å². The average Bonchev–Trinajstić information content (AvgIpc) is 3.39. The van der Waals surface area contributed by atoms with Crippen molar-refractivity contribution in [2.75, 3.05) is 13.2 Å². The van der Waals surface area contributed by atoms with Crippen LogP contribution in [0.25, 0.3) is 33.4 Å². The number of halogens is 1. The molecular weight excluding hydrogens is 369 g/mol. The lowest BCUT2D eigenvalue weighted by Gasteiger charge is -2.16. The number of benzene rings is 1. The van der Waals surface area contributed by atoms with Gasteiger partial charge in [-0.2, -0.15) is 4.73 Å². The van der Waals surface area contributed by atoms with Gasteiger partial charge in [0.05, 0.1) is 11.8 Å². The van der Waals surface area contributed by atoms with E-state index in [1.54, 1.807) is 30.7 Å². The Bertz CT molecular complexity index is 1120. The Labute approximate surface area is 167 Å². The van der Waals surface area contributed by atoms with Gasteiger partial charge in [-0.15, -0.1) is 0 Å². The monoisotopic (exact) mass is 389 g/mol. The highest BCUT2D eigenvalue weighted by atomic mass is 19.1. The molecule has 1 saturated heterocycles. The topological polar surface area (TPSA) is 49.2 Å². The van der Waals surface area contributed by atoms with Crippen LogP contribution in [-0.4, -0.2) is 34.0 Å². The molecule has 1 atom stereocenters. The number of hydrogen-bond acceptors (Lipinski definition) is 4. The Kier molecular flexibility index (Phi) is 4.69. The van der Waals surface area contributed by atoms with Crippen LogP contribution >= 0.6 is 0 Å². The van der Waals surface area contributed by atoms with E-state index in [1.807, 2.05) is 29.0 Å². The fourth-order valence-corrected chi connectivity index (χ4v) is 3.82. The van der Waals surface area contributed by atoms with E-state index in [1.165, 1.54) is 12.1 Å². The second-order valence-corrected chi connectivity index (χ2v) is 7.06. The van der Waals surface area contributed by atoms with Gasteiger partial charge >= 0.3 is 0 Å². The summed E-state index contributed by atoms with van der Waals surface area (Å²) in [5, 5.41) is 0. The predicted octanol–water partition coefficient (Wildman–Crippen LogP) is 4.51. The highest BCUT2D eigenvalue weighted by molar-refractivity contribution is 6.01. The third-order valence-electron chi connectivity index (χ3n) is 5.18. The van der Waals surface area contributed by atoms with Crippen LogP contribution in [0, 0.1) is 5.82 Å². The maximum Gasteiger partial charge on any atom is 0.141 e. The van der Waals surface area contributed by atoms with E-state index in [4.69, 9.17) is 9.57 Å². The first-order valence-corrected chi connectivity index (χ1v) is 9.72. The molecule has 0 radical (unpaired) electrons. The first kappa shape index (κ1) is 17.8. The highest BCUT2D eigenvalue weighted by Gasteiger charge is 2.24. The average molecular weight is 389 g/mol. The smallest absolute Gasteiger partial charge is 0.141 e. The molecule has 1 aliphatic rings. The van der Waals surface area contributed by atoms with E-state index in [0.29, 0.717) is 6.61 Å². The number of ether oxygens (including phenoxy) is 1. The van der Waals surface area contributed by atoms with Crippen molar-refractivity contribution in [1.82, 2.24) is 14.7 Å². The summed E-state index contributed by atoms with van der Waals surface area (Å²) >= 11 is 0. The third kappa shape index (κ3) is 3.36. The van der Waals surface area contributed by atoms with Crippen LogP contribution in [0.4, 0.5) is 4.39 Å². The second-order valence-electron chi connectivity index (χ2n) is 7.06. The Morgan fingerprint density at radius 3 is 2.62 bits per heavy atom. The summed E-state index contributed by atoms with van der Waals surface area (Å²) in [6, 6.07) is 14.2. The first-order chi connectivity index (χ1) is 14.3. The maximum absolute atomic E-state index is 13.6. The minimum atomic E-state index is -0.273.